The number of ether oxygens (including phenoxy) is 1. The van der Waals surface area contributed by atoms with Gasteiger partial charge >= 0.3 is 0 Å². The van der Waals surface area contributed by atoms with Gasteiger partial charge in [-0.05, 0) is 49.7 Å². The summed E-state index contributed by atoms with van der Waals surface area (Å²) >= 11 is 0. The molecule has 1 atom stereocenters. The van der Waals surface area contributed by atoms with Crippen LogP contribution < -0.4 is 5.32 Å². The molecule has 0 aromatic heterocycles. The minimum atomic E-state index is -0.179. The molecule has 2 heterocycles. The molecule has 2 aliphatic heterocycles. The number of hydrogen-bond acceptors (Lipinski definition) is 3. The van der Waals surface area contributed by atoms with Gasteiger partial charge < -0.3 is 15.0 Å². The first-order chi connectivity index (χ1) is 11.6. The molecule has 2 saturated heterocycles. The monoisotopic (exact) mass is 330 g/mol. The molecule has 0 saturated carbocycles. The van der Waals surface area contributed by atoms with E-state index in [4.69, 9.17) is 4.74 Å². The van der Waals surface area contributed by atoms with Crippen LogP contribution in [0, 0.1) is 18.8 Å². The van der Waals surface area contributed by atoms with Crippen molar-refractivity contribution in [2.75, 3.05) is 32.8 Å². The zero-order valence-corrected chi connectivity index (χ0v) is 14.3. The predicted molar refractivity (Wildman–Crippen MR) is 91.7 cm³/mol. The highest BCUT2D eigenvalue weighted by Gasteiger charge is 2.32. The molecule has 2 fully saturated rings. The van der Waals surface area contributed by atoms with Crippen molar-refractivity contribution in [1.82, 2.24) is 10.2 Å². The second-order valence-corrected chi connectivity index (χ2v) is 6.84. The number of rotatable bonds is 4. The van der Waals surface area contributed by atoms with E-state index in [0.717, 1.165) is 51.1 Å². The third-order valence-corrected chi connectivity index (χ3v) is 5.30. The topological polar surface area (TPSA) is 58.6 Å². The molecule has 5 heteroatoms. The van der Waals surface area contributed by atoms with Crippen molar-refractivity contribution >= 4 is 11.8 Å². The number of amides is 2. The fourth-order valence-electron chi connectivity index (χ4n) is 3.78. The Morgan fingerprint density at radius 1 is 1.17 bits per heavy atom. The summed E-state index contributed by atoms with van der Waals surface area (Å²) in [6, 6.07) is 7.42. The average Bonchev–Trinajstić information content (AvgIpc) is 3.11. The minimum absolute atomic E-state index is 0.0199. The van der Waals surface area contributed by atoms with E-state index in [2.05, 4.69) is 5.32 Å². The van der Waals surface area contributed by atoms with Crippen LogP contribution in [0.3, 0.4) is 0 Å². The van der Waals surface area contributed by atoms with Crippen molar-refractivity contribution < 1.29 is 14.3 Å². The van der Waals surface area contributed by atoms with E-state index in [0.29, 0.717) is 17.4 Å². The first-order valence-corrected chi connectivity index (χ1v) is 8.84. The van der Waals surface area contributed by atoms with Crippen LogP contribution >= 0.6 is 0 Å². The van der Waals surface area contributed by atoms with Crippen molar-refractivity contribution in [3.05, 3.63) is 35.4 Å². The van der Waals surface area contributed by atoms with Gasteiger partial charge in [0.25, 0.3) is 5.91 Å². The van der Waals surface area contributed by atoms with E-state index >= 15 is 0 Å². The number of carbonyl (C=O) groups is 2. The van der Waals surface area contributed by atoms with Gasteiger partial charge in [0, 0.05) is 31.9 Å². The number of hydrogen-bond donors (Lipinski definition) is 1. The molecule has 1 unspecified atom stereocenters. The summed E-state index contributed by atoms with van der Waals surface area (Å²) < 4.78 is 5.42. The van der Waals surface area contributed by atoms with Crippen molar-refractivity contribution in [3.8, 4) is 0 Å². The van der Waals surface area contributed by atoms with Crippen molar-refractivity contribution in [3.63, 3.8) is 0 Å². The standard InChI is InChI=1S/C19H26N2O3/c1-14-4-2-3-5-17(14)19(23)20-12-18(22)21-9-6-16(13-21)15-7-10-24-11-8-15/h2-5,15-16H,6-13H2,1H3,(H,20,23). The lowest BCUT2D eigenvalue weighted by atomic mass is 9.85. The summed E-state index contributed by atoms with van der Waals surface area (Å²) in [5.41, 5.74) is 1.55. The van der Waals surface area contributed by atoms with Gasteiger partial charge in [-0.25, -0.2) is 0 Å². The van der Waals surface area contributed by atoms with E-state index in [9.17, 15) is 9.59 Å². The number of likely N-dealkylation sites (tertiary alicyclic amines) is 1. The van der Waals surface area contributed by atoms with Crippen LogP contribution in [0.15, 0.2) is 24.3 Å². The highest BCUT2D eigenvalue weighted by atomic mass is 16.5. The molecule has 1 aromatic carbocycles. The van der Waals surface area contributed by atoms with Gasteiger partial charge in [0.15, 0.2) is 0 Å². The third-order valence-electron chi connectivity index (χ3n) is 5.30. The smallest absolute Gasteiger partial charge is 0.251 e. The first-order valence-electron chi connectivity index (χ1n) is 8.84. The Labute approximate surface area is 143 Å². The molecule has 130 valence electrons. The Morgan fingerprint density at radius 3 is 2.67 bits per heavy atom. The van der Waals surface area contributed by atoms with E-state index in [1.165, 1.54) is 0 Å². The van der Waals surface area contributed by atoms with Crippen molar-refractivity contribution in [1.29, 1.82) is 0 Å². The lowest BCUT2D eigenvalue weighted by Gasteiger charge is -2.27. The van der Waals surface area contributed by atoms with Crippen molar-refractivity contribution in [2.24, 2.45) is 11.8 Å². The van der Waals surface area contributed by atoms with Crippen LogP contribution in [0.4, 0.5) is 0 Å². The summed E-state index contributed by atoms with van der Waals surface area (Å²) in [5, 5.41) is 2.76. The molecule has 3 rings (SSSR count). The predicted octanol–water partition coefficient (Wildman–Crippen LogP) is 2.00. The maximum Gasteiger partial charge on any atom is 0.251 e. The van der Waals surface area contributed by atoms with E-state index in [1.807, 2.05) is 30.0 Å². The fraction of sp³-hybridized carbons (Fsp3) is 0.579. The lowest BCUT2D eigenvalue weighted by Crippen LogP contribution is -2.39. The number of nitrogens with zero attached hydrogens (tertiary/aromatic N) is 1. The molecule has 1 aromatic rings. The molecule has 0 bridgehead atoms. The quantitative estimate of drug-likeness (QED) is 0.919. The highest BCUT2D eigenvalue weighted by molar-refractivity contribution is 5.97. The second-order valence-electron chi connectivity index (χ2n) is 6.84. The highest BCUT2D eigenvalue weighted by Crippen LogP contribution is 2.31. The van der Waals surface area contributed by atoms with Crippen LogP contribution in [-0.2, 0) is 9.53 Å². The zero-order chi connectivity index (χ0) is 16.9. The second kappa shape index (κ2) is 7.79. The van der Waals surface area contributed by atoms with E-state index in [1.54, 1.807) is 6.07 Å². The Kier molecular flexibility index (Phi) is 5.51. The van der Waals surface area contributed by atoms with Gasteiger partial charge in [0.05, 0.1) is 6.54 Å². The van der Waals surface area contributed by atoms with E-state index < -0.39 is 0 Å². The summed E-state index contributed by atoms with van der Waals surface area (Å²) in [6.07, 6.45) is 3.29. The first kappa shape index (κ1) is 17.0. The SMILES string of the molecule is Cc1ccccc1C(=O)NCC(=O)N1CCC(C2CCOCC2)C1. The maximum atomic E-state index is 12.4. The molecule has 0 radical (unpaired) electrons. The van der Waals surface area contributed by atoms with Gasteiger partial charge in [-0.3, -0.25) is 9.59 Å². The van der Waals surface area contributed by atoms with Gasteiger partial charge in [-0.1, -0.05) is 18.2 Å². The van der Waals surface area contributed by atoms with Crippen LogP contribution in [0.5, 0.6) is 0 Å². The summed E-state index contributed by atoms with van der Waals surface area (Å²) in [4.78, 5) is 26.5. The van der Waals surface area contributed by atoms with E-state index in [-0.39, 0.29) is 18.4 Å². The largest absolute Gasteiger partial charge is 0.381 e. The van der Waals surface area contributed by atoms with Crippen LogP contribution in [0.1, 0.15) is 35.2 Å². The van der Waals surface area contributed by atoms with Crippen LogP contribution in [0.25, 0.3) is 0 Å². The molecule has 24 heavy (non-hydrogen) atoms. The number of benzene rings is 1. The zero-order valence-electron chi connectivity index (χ0n) is 14.3. The van der Waals surface area contributed by atoms with Crippen molar-refractivity contribution in [2.45, 2.75) is 26.2 Å². The van der Waals surface area contributed by atoms with Gasteiger partial charge in [-0.2, -0.15) is 0 Å². The average molecular weight is 330 g/mol. The Morgan fingerprint density at radius 2 is 1.92 bits per heavy atom. The minimum Gasteiger partial charge on any atom is -0.381 e. The third kappa shape index (κ3) is 3.96. The Bertz CT molecular complexity index is 596. The number of aryl methyl sites for hydroxylation is 1. The normalized spacial score (nSPS) is 21.7. The molecular weight excluding hydrogens is 304 g/mol. The molecule has 2 aliphatic rings. The Balaban J connectivity index is 1.47. The molecular formula is C19H26N2O3. The Hall–Kier alpha value is -1.88. The maximum absolute atomic E-state index is 12.4. The fourth-order valence-corrected chi connectivity index (χ4v) is 3.78. The number of nitrogens with one attached hydrogen (secondary N) is 1. The molecule has 0 aliphatic carbocycles. The van der Waals surface area contributed by atoms with Gasteiger partial charge in [0.2, 0.25) is 5.91 Å². The van der Waals surface area contributed by atoms with Gasteiger partial charge in [-0.15, -0.1) is 0 Å². The summed E-state index contributed by atoms with van der Waals surface area (Å²) in [5.74, 6) is 1.11. The lowest BCUT2D eigenvalue weighted by molar-refractivity contribution is -0.129. The molecule has 0 spiro atoms. The molecule has 1 N–H and O–H groups in total. The molecule has 5 nitrogen and oxygen atoms in total. The van der Waals surface area contributed by atoms with Crippen LogP contribution in [-0.4, -0.2) is 49.6 Å². The van der Waals surface area contributed by atoms with Crippen LogP contribution in [0.2, 0.25) is 0 Å². The molecule has 2 amide bonds. The summed E-state index contributed by atoms with van der Waals surface area (Å²) in [7, 11) is 0. The number of carbonyl (C=O) groups excluding carboxylic acids is 2. The van der Waals surface area contributed by atoms with Gasteiger partial charge in [0.1, 0.15) is 0 Å². The summed E-state index contributed by atoms with van der Waals surface area (Å²) in [6.45, 7) is 5.30.